The van der Waals surface area contributed by atoms with Crippen molar-refractivity contribution in [1.29, 1.82) is 0 Å². The summed E-state index contributed by atoms with van der Waals surface area (Å²) in [5, 5.41) is 16.1. The molecule has 4 atom stereocenters. The van der Waals surface area contributed by atoms with E-state index < -0.39 is 34.8 Å². The van der Waals surface area contributed by atoms with E-state index >= 15 is 4.39 Å². The molecule has 1 unspecified atom stereocenters. The SMILES string of the molecule is O=C1CCC(Nc2ccc(C3CCN(C(=O)C4CCC(NC(=O)[C@@H]5NC6(CCCCC6)[C@@]6(C(=O)Nc7cc(Cl)ccc76)[C@H]5c5cccc(Cl)c5F)CC4)CC3)cc2)C(=O)N1. The Bertz CT molecular complexity index is 2200. The van der Waals surface area contributed by atoms with Crippen molar-refractivity contribution < 1.29 is 28.4 Å². The minimum Gasteiger partial charge on any atom is -0.374 e. The Kier molecular flexibility index (Phi) is 11.2. The van der Waals surface area contributed by atoms with Gasteiger partial charge in [0.2, 0.25) is 29.5 Å². The summed E-state index contributed by atoms with van der Waals surface area (Å²) in [5.74, 6) is -2.25. The van der Waals surface area contributed by atoms with Gasteiger partial charge in [0.15, 0.2) is 0 Å². The van der Waals surface area contributed by atoms with Crippen LogP contribution in [0.1, 0.15) is 112 Å². The number of carbonyl (C=O) groups is 5. The van der Waals surface area contributed by atoms with Gasteiger partial charge in [-0.05, 0) is 111 Å². The molecule has 5 fully saturated rings. The van der Waals surface area contributed by atoms with Crippen molar-refractivity contribution in [2.75, 3.05) is 23.7 Å². The molecule has 0 radical (unpaired) electrons. The van der Waals surface area contributed by atoms with E-state index in [0.29, 0.717) is 86.6 Å². The van der Waals surface area contributed by atoms with Crippen molar-refractivity contribution >= 4 is 64.1 Å². The Morgan fingerprint density at radius 1 is 0.833 bits per heavy atom. The molecular formula is C46H51Cl2FN6O5. The fourth-order valence-corrected chi connectivity index (χ4v) is 11.9. The minimum atomic E-state index is -1.29. The van der Waals surface area contributed by atoms with Crippen molar-refractivity contribution in [3.63, 3.8) is 0 Å². The Morgan fingerprint density at radius 2 is 1.57 bits per heavy atom. The molecular weight excluding hydrogens is 806 g/mol. The Labute approximate surface area is 359 Å². The van der Waals surface area contributed by atoms with Gasteiger partial charge in [-0.1, -0.05) is 72.8 Å². The third kappa shape index (κ3) is 7.15. The number of hydrogen-bond donors (Lipinski definition) is 5. The number of nitrogens with zero attached hydrogens (tertiary/aromatic N) is 1. The van der Waals surface area contributed by atoms with E-state index in [1.165, 1.54) is 11.6 Å². The van der Waals surface area contributed by atoms with Gasteiger partial charge in [-0.15, -0.1) is 0 Å². The number of anilines is 2. The van der Waals surface area contributed by atoms with Crippen LogP contribution in [0, 0.1) is 11.7 Å². The smallest absolute Gasteiger partial charge is 0.249 e. The van der Waals surface area contributed by atoms with Crippen molar-refractivity contribution in [3.8, 4) is 0 Å². The molecule has 2 spiro atoms. The lowest BCUT2D eigenvalue weighted by molar-refractivity contribution is -0.138. The molecule has 316 valence electrons. The molecule has 60 heavy (non-hydrogen) atoms. The van der Waals surface area contributed by atoms with Gasteiger partial charge in [0.05, 0.1) is 11.1 Å². The molecule has 5 amide bonds. The first-order chi connectivity index (χ1) is 29.0. The molecule has 9 rings (SSSR count). The van der Waals surface area contributed by atoms with Crippen molar-refractivity contribution in [2.45, 2.75) is 124 Å². The maximum Gasteiger partial charge on any atom is 0.249 e. The zero-order valence-electron chi connectivity index (χ0n) is 33.5. The van der Waals surface area contributed by atoms with Gasteiger partial charge >= 0.3 is 0 Å². The van der Waals surface area contributed by atoms with Crippen LogP contribution in [-0.4, -0.2) is 71.2 Å². The van der Waals surface area contributed by atoms with E-state index in [9.17, 15) is 24.0 Å². The monoisotopic (exact) mass is 856 g/mol. The van der Waals surface area contributed by atoms with Gasteiger partial charge in [-0.25, -0.2) is 4.39 Å². The number of fused-ring (bicyclic) bond motifs is 3. The molecule has 3 aromatic carbocycles. The number of likely N-dealkylation sites (tertiary alicyclic amines) is 1. The van der Waals surface area contributed by atoms with Crippen LogP contribution in [0.15, 0.2) is 60.7 Å². The first-order valence-electron chi connectivity index (χ1n) is 21.6. The highest BCUT2D eigenvalue weighted by Crippen LogP contribution is 2.63. The molecule has 4 heterocycles. The zero-order valence-corrected chi connectivity index (χ0v) is 35.0. The number of rotatable bonds is 7. The van der Waals surface area contributed by atoms with Crippen molar-refractivity contribution in [2.24, 2.45) is 5.92 Å². The summed E-state index contributed by atoms with van der Waals surface area (Å²) < 4.78 is 16.3. The molecule has 3 saturated heterocycles. The third-order valence-electron chi connectivity index (χ3n) is 14.5. The first kappa shape index (κ1) is 40.9. The number of benzene rings is 3. The van der Waals surface area contributed by atoms with E-state index in [4.69, 9.17) is 23.2 Å². The van der Waals surface area contributed by atoms with Crippen LogP contribution in [0.4, 0.5) is 15.8 Å². The van der Waals surface area contributed by atoms with Crippen LogP contribution in [0.2, 0.25) is 10.0 Å². The molecule has 2 aliphatic carbocycles. The molecule has 14 heteroatoms. The highest BCUT2D eigenvalue weighted by molar-refractivity contribution is 6.31. The average Bonchev–Trinajstić information content (AvgIpc) is 3.70. The molecule has 0 bridgehead atoms. The van der Waals surface area contributed by atoms with Crippen LogP contribution in [0.3, 0.4) is 0 Å². The fourth-order valence-electron chi connectivity index (χ4n) is 11.6. The summed E-state index contributed by atoms with van der Waals surface area (Å²) in [5.41, 5.74) is 1.44. The highest BCUT2D eigenvalue weighted by Gasteiger charge is 2.72. The molecule has 0 aromatic heterocycles. The van der Waals surface area contributed by atoms with E-state index in [1.54, 1.807) is 24.3 Å². The third-order valence-corrected chi connectivity index (χ3v) is 15.0. The van der Waals surface area contributed by atoms with E-state index in [0.717, 1.165) is 37.8 Å². The molecule has 5 N–H and O–H groups in total. The van der Waals surface area contributed by atoms with Gasteiger partial charge in [0.25, 0.3) is 0 Å². The fraction of sp³-hybridized carbons (Fsp3) is 0.500. The standard InChI is InChI=1S/C46H51Cl2FN6O5/c47-29-11-16-33-36(25-29)52-44(60)46(33)38(32-5-4-6-34(48)39(32)49)40(54-45(46)21-2-1-3-22-45)42(58)51-31-14-9-28(10-15-31)43(59)55-23-19-27(20-24-55)26-7-12-30(13-8-26)50-35-17-18-37(56)53-41(35)57/h4-8,11-13,16,25,27-28,31,35,38,40,50,54H,1-3,9-10,14-15,17-24H2,(H,51,58)(H,52,60)(H,53,56,57)/t28?,31?,35?,38-,40+,46+/m0/s1. The number of hydrogen-bond acceptors (Lipinski definition) is 7. The number of carbonyl (C=O) groups excluding carboxylic acids is 5. The molecule has 11 nitrogen and oxygen atoms in total. The van der Waals surface area contributed by atoms with Crippen LogP contribution < -0.4 is 26.6 Å². The van der Waals surface area contributed by atoms with Crippen molar-refractivity contribution in [3.05, 3.63) is 93.2 Å². The summed E-state index contributed by atoms with van der Waals surface area (Å²) in [7, 11) is 0. The van der Waals surface area contributed by atoms with Gasteiger partial charge in [0, 0.05) is 59.3 Å². The molecule has 6 aliphatic rings. The molecule has 2 saturated carbocycles. The van der Waals surface area contributed by atoms with Gasteiger partial charge in [0.1, 0.15) is 17.3 Å². The maximum absolute atomic E-state index is 16.3. The predicted octanol–water partition coefficient (Wildman–Crippen LogP) is 7.08. The lowest BCUT2D eigenvalue weighted by atomic mass is 9.55. The Morgan fingerprint density at radius 3 is 2.28 bits per heavy atom. The Balaban J connectivity index is 0.851. The number of nitrogens with one attached hydrogen (secondary N) is 5. The second-order valence-electron chi connectivity index (χ2n) is 17.8. The summed E-state index contributed by atoms with van der Waals surface area (Å²) >= 11 is 12.8. The average molecular weight is 858 g/mol. The van der Waals surface area contributed by atoms with E-state index in [-0.39, 0.29) is 52.1 Å². The second-order valence-corrected chi connectivity index (χ2v) is 18.6. The predicted molar refractivity (Wildman–Crippen MR) is 227 cm³/mol. The number of imide groups is 1. The van der Waals surface area contributed by atoms with E-state index in [2.05, 4.69) is 38.7 Å². The zero-order chi connectivity index (χ0) is 41.8. The number of piperidine rings is 2. The van der Waals surface area contributed by atoms with Crippen LogP contribution in [-0.2, 0) is 29.4 Å². The van der Waals surface area contributed by atoms with Crippen LogP contribution in [0.5, 0.6) is 0 Å². The summed E-state index contributed by atoms with van der Waals surface area (Å²) in [6.07, 6.45) is 9.10. The normalized spacial score (nSPS) is 28.9. The highest BCUT2D eigenvalue weighted by atomic mass is 35.5. The lowest BCUT2D eigenvalue weighted by Crippen LogP contribution is -2.60. The largest absolute Gasteiger partial charge is 0.374 e. The molecule has 4 aliphatic heterocycles. The first-order valence-corrected chi connectivity index (χ1v) is 22.4. The summed E-state index contributed by atoms with van der Waals surface area (Å²) in [6, 6.07) is 16.7. The lowest BCUT2D eigenvalue weighted by Gasteiger charge is -2.47. The van der Waals surface area contributed by atoms with Gasteiger partial charge in [-0.3, -0.25) is 34.6 Å². The Hall–Kier alpha value is -4.52. The quantitative estimate of drug-likeness (QED) is 0.160. The number of halogens is 3. The molecule has 3 aromatic rings. The van der Waals surface area contributed by atoms with Gasteiger partial charge in [-0.2, -0.15) is 0 Å². The second kappa shape index (κ2) is 16.4. The topological polar surface area (TPSA) is 149 Å². The number of amides is 5. The van der Waals surface area contributed by atoms with E-state index in [1.807, 2.05) is 23.1 Å². The van der Waals surface area contributed by atoms with Gasteiger partial charge < -0.3 is 20.9 Å². The summed E-state index contributed by atoms with van der Waals surface area (Å²) in [4.78, 5) is 68.8. The summed E-state index contributed by atoms with van der Waals surface area (Å²) in [6.45, 7) is 1.36. The van der Waals surface area contributed by atoms with Crippen LogP contribution >= 0.6 is 23.2 Å². The van der Waals surface area contributed by atoms with Crippen LogP contribution in [0.25, 0.3) is 0 Å². The maximum atomic E-state index is 16.3. The minimum absolute atomic E-state index is 0.0661. The van der Waals surface area contributed by atoms with Crippen molar-refractivity contribution in [1.82, 2.24) is 20.9 Å².